The molecule has 0 spiro atoms. The minimum atomic E-state index is -4.54. The third-order valence-corrected chi connectivity index (χ3v) is 5.24. The van der Waals surface area contributed by atoms with Gasteiger partial charge in [-0.05, 0) is 24.5 Å². The average molecular weight is 351 g/mol. The Bertz CT molecular complexity index is 654. The van der Waals surface area contributed by atoms with Gasteiger partial charge in [0.25, 0.3) is 0 Å². The Balaban J connectivity index is 2.88. The zero-order valence-corrected chi connectivity index (χ0v) is 14.0. The predicted octanol–water partition coefficient (Wildman–Crippen LogP) is 2.78. The van der Waals surface area contributed by atoms with Crippen LogP contribution >= 0.6 is 0 Å². The van der Waals surface area contributed by atoms with E-state index in [1.54, 1.807) is 0 Å². The summed E-state index contributed by atoms with van der Waals surface area (Å²) in [4.78, 5) is 11.8. The van der Waals surface area contributed by atoms with Crippen molar-refractivity contribution in [3.63, 3.8) is 0 Å². The van der Waals surface area contributed by atoms with Crippen molar-refractivity contribution in [1.29, 1.82) is 0 Å². The molecule has 1 rings (SSSR count). The zero-order valence-electron chi connectivity index (χ0n) is 13.1. The molecular weight excluding hydrogens is 331 g/mol. The highest BCUT2D eigenvalue weighted by molar-refractivity contribution is 7.92. The first kappa shape index (κ1) is 19.5. The van der Waals surface area contributed by atoms with Crippen LogP contribution in [0.15, 0.2) is 24.3 Å². The summed E-state index contributed by atoms with van der Waals surface area (Å²) in [6, 6.07) is 4.11. The summed E-state index contributed by atoms with van der Waals surface area (Å²) in [5.74, 6) is -1.10. The summed E-state index contributed by atoms with van der Waals surface area (Å²) in [7, 11) is -3.90. The van der Waals surface area contributed by atoms with Gasteiger partial charge >= 0.3 is 6.18 Å². The van der Waals surface area contributed by atoms with E-state index in [-0.39, 0.29) is 11.5 Å². The summed E-state index contributed by atoms with van der Waals surface area (Å²) in [5.41, 5.74) is -0.912. The fourth-order valence-corrected chi connectivity index (χ4v) is 3.11. The zero-order chi connectivity index (χ0) is 17.8. The topological polar surface area (TPSA) is 63.2 Å². The number of hydrogen-bond acceptors (Lipinski definition) is 3. The molecule has 1 amide bonds. The molecule has 0 heterocycles. The van der Waals surface area contributed by atoms with Gasteiger partial charge in [0, 0.05) is 6.54 Å². The van der Waals surface area contributed by atoms with Crippen molar-refractivity contribution in [3.8, 4) is 0 Å². The van der Waals surface area contributed by atoms with Gasteiger partial charge in [0.15, 0.2) is 9.84 Å². The van der Waals surface area contributed by atoms with E-state index in [0.717, 1.165) is 18.2 Å². The number of nitrogens with one attached hydrogen (secondary N) is 1. The highest BCUT2D eigenvalue weighted by Crippen LogP contribution is 2.30. The van der Waals surface area contributed by atoms with Crippen molar-refractivity contribution >= 4 is 15.7 Å². The molecule has 4 nitrogen and oxygen atoms in total. The lowest BCUT2D eigenvalue weighted by atomic mass is 10.1. The number of sulfone groups is 1. The standard InChI is InChI=1S/C15H20F3NO3S/c1-10(2)8-19-14(20)11(3)23(21,22)9-12-5-4-6-13(7-12)15(16,17)18/h4-7,10-11H,8-9H2,1-3H3,(H,19,20). The second kappa shape index (κ2) is 7.33. The van der Waals surface area contributed by atoms with Crippen molar-refractivity contribution < 1.29 is 26.4 Å². The highest BCUT2D eigenvalue weighted by Gasteiger charge is 2.32. The molecule has 0 aromatic heterocycles. The molecule has 1 N–H and O–H groups in total. The van der Waals surface area contributed by atoms with Gasteiger partial charge in [-0.25, -0.2) is 8.42 Å². The molecule has 1 atom stereocenters. The van der Waals surface area contributed by atoms with Gasteiger partial charge in [-0.2, -0.15) is 13.2 Å². The van der Waals surface area contributed by atoms with E-state index in [4.69, 9.17) is 0 Å². The second-order valence-corrected chi connectivity index (χ2v) is 8.11. The summed E-state index contributed by atoms with van der Waals surface area (Å²) >= 11 is 0. The first-order chi connectivity index (χ1) is 10.4. The fraction of sp³-hybridized carbons (Fsp3) is 0.533. The lowest BCUT2D eigenvalue weighted by Gasteiger charge is -2.15. The molecule has 0 aliphatic rings. The number of hydrogen-bond donors (Lipinski definition) is 1. The van der Waals surface area contributed by atoms with E-state index in [1.165, 1.54) is 13.0 Å². The molecule has 0 fully saturated rings. The van der Waals surface area contributed by atoms with Crippen molar-refractivity contribution in [2.45, 2.75) is 38.0 Å². The van der Waals surface area contributed by atoms with Crippen molar-refractivity contribution in [1.82, 2.24) is 5.32 Å². The van der Waals surface area contributed by atoms with Crippen molar-refractivity contribution in [3.05, 3.63) is 35.4 Å². The summed E-state index contributed by atoms with van der Waals surface area (Å²) in [6.45, 7) is 5.30. The second-order valence-electron chi connectivity index (χ2n) is 5.79. The van der Waals surface area contributed by atoms with Crippen LogP contribution in [0.2, 0.25) is 0 Å². The van der Waals surface area contributed by atoms with Crippen LogP contribution in [-0.4, -0.2) is 26.1 Å². The predicted molar refractivity (Wildman–Crippen MR) is 81.4 cm³/mol. The Morgan fingerprint density at radius 2 is 1.83 bits per heavy atom. The number of rotatable bonds is 6. The first-order valence-electron chi connectivity index (χ1n) is 7.09. The van der Waals surface area contributed by atoms with Gasteiger partial charge < -0.3 is 5.32 Å². The van der Waals surface area contributed by atoms with Crippen LogP contribution < -0.4 is 5.32 Å². The molecule has 0 aliphatic heterocycles. The molecular formula is C15H20F3NO3S. The van der Waals surface area contributed by atoms with E-state index < -0.39 is 38.5 Å². The molecule has 0 aliphatic carbocycles. The lowest BCUT2D eigenvalue weighted by Crippen LogP contribution is -2.39. The molecule has 0 radical (unpaired) electrons. The van der Waals surface area contributed by atoms with Crippen LogP contribution in [0.4, 0.5) is 13.2 Å². The maximum Gasteiger partial charge on any atom is 0.416 e. The van der Waals surface area contributed by atoms with Gasteiger partial charge in [0.1, 0.15) is 5.25 Å². The largest absolute Gasteiger partial charge is 0.416 e. The maximum atomic E-state index is 12.7. The quantitative estimate of drug-likeness (QED) is 0.857. The van der Waals surface area contributed by atoms with Gasteiger partial charge in [0.2, 0.25) is 5.91 Å². The third kappa shape index (κ3) is 5.85. The number of alkyl halides is 3. The Morgan fingerprint density at radius 1 is 1.22 bits per heavy atom. The van der Waals surface area contributed by atoms with Crippen LogP contribution in [0.5, 0.6) is 0 Å². The van der Waals surface area contributed by atoms with Gasteiger partial charge in [0.05, 0.1) is 11.3 Å². The molecule has 0 saturated heterocycles. The molecule has 1 aromatic carbocycles. The van der Waals surface area contributed by atoms with Crippen molar-refractivity contribution in [2.75, 3.05) is 6.54 Å². The number of halogens is 3. The monoisotopic (exact) mass is 351 g/mol. The van der Waals surface area contributed by atoms with Crippen LogP contribution in [0.25, 0.3) is 0 Å². The molecule has 1 aromatic rings. The van der Waals surface area contributed by atoms with E-state index in [1.807, 2.05) is 13.8 Å². The minimum Gasteiger partial charge on any atom is -0.355 e. The first-order valence-corrected chi connectivity index (χ1v) is 8.80. The Hall–Kier alpha value is -1.57. The molecule has 0 bridgehead atoms. The van der Waals surface area contributed by atoms with E-state index in [2.05, 4.69) is 5.32 Å². The van der Waals surface area contributed by atoms with E-state index >= 15 is 0 Å². The summed E-state index contributed by atoms with van der Waals surface area (Å²) in [6.07, 6.45) is -4.54. The Morgan fingerprint density at radius 3 is 2.35 bits per heavy atom. The number of carbonyl (C=O) groups excluding carboxylic acids is 1. The Labute approximate surface area is 134 Å². The SMILES string of the molecule is CC(C)CNC(=O)C(C)S(=O)(=O)Cc1cccc(C(F)(F)F)c1. The number of carbonyl (C=O) groups is 1. The minimum absolute atomic E-state index is 0.00309. The summed E-state index contributed by atoms with van der Waals surface area (Å²) in [5, 5.41) is 1.19. The highest BCUT2D eigenvalue weighted by atomic mass is 32.2. The fourth-order valence-electron chi connectivity index (χ4n) is 1.81. The van der Waals surface area contributed by atoms with Crippen LogP contribution in [-0.2, 0) is 26.6 Å². The van der Waals surface area contributed by atoms with Crippen LogP contribution in [0.1, 0.15) is 31.9 Å². The normalized spacial score (nSPS) is 13.9. The maximum absolute atomic E-state index is 12.7. The number of benzene rings is 1. The van der Waals surface area contributed by atoms with Crippen LogP contribution in [0, 0.1) is 5.92 Å². The van der Waals surface area contributed by atoms with Gasteiger partial charge in [-0.3, -0.25) is 4.79 Å². The van der Waals surface area contributed by atoms with Crippen molar-refractivity contribution in [2.24, 2.45) is 5.92 Å². The summed E-state index contributed by atoms with van der Waals surface area (Å²) < 4.78 is 62.4. The molecule has 1 unspecified atom stereocenters. The lowest BCUT2D eigenvalue weighted by molar-refractivity contribution is -0.137. The number of amides is 1. The van der Waals surface area contributed by atoms with E-state index in [9.17, 15) is 26.4 Å². The molecule has 130 valence electrons. The molecule has 0 saturated carbocycles. The van der Waals surface area contributed by atoms with Gasteiger partial charge in [-0.15, -0.1) is 0 Å². The molecule has 23 heavy (non-hydrogen) atoms. The van der Waals surface area contributed by atoms with Crippen LogP contribution in [0.3, 0.4) is 0 Å². The smallest absolute Gasteiger partial charge is 0.355 e. The third-order valence-electron chi connectivity index (χ3n) is 3.21. The van der Waals surface area contributed by atoms with E-state index in [0.29, 0.717) is 6.54 Å². The average Bonchev–Trinajstić information content (AvgIpc) is 2.42. The Kier molecular flexibility index (Phi) is 6.21. The molecule has 8 heteroatoms. The van der Waals surface area contributed by atoms with Gasteiger partial charge in [-0.1, -0.05) is 32.0 Å².